The van der Waals surface area contributed by atoms with E-state index in [4.69, 9.17) is 9.47 Å². The van der Waals surface area contributed by atoms with E-state index in [0.29, 0.717) is 13.2 Å². The van der Waals surface area contributed by atoms with Crippen LogP contribution in [-0.2, 0) is 19.1 Å². The summed E-state index contributed by atoms with van der Waals surface area (Å²) in [6.45, 7) is 2.73. The van der Waals surface area contributed by atoms with Gasteiger partial charge in [0.25, 0.3) is 0 Å². The highest BCUT2D eigenvalue weighted by Gasteiger charge is 2.67. The summed E-state index contributed by atoms with van der Waals surface area (Å²) in [5, 5.41) is 0. The van der Waals surface area contributed by atoms with E-state index >= 15 is 0 Å². The van der Waals surface area contributed by atoms with E-state index in [2.05, 4.69) is 15.9 Å². The second-order valence-electron chi connectivity index (χ2n) is 6.44. The van der Waals surface area contributed by atoms with Gasteiger partial charge in [0.2, 0.25) is 5.91 Å². The Balaban J connectivity index is 1.67. The molecule has 1 aromatic rings. The third-order valence-electron chi connectivity index (χ3n) is 4.96. The summed E-state index contributed by atoms with van der Waals surface area (Å²) in [6, 6.07) is 7.58. The predicted molar refractivity (Wildman–Crippen MR) is 91.5 cm³/mol. The van der Waals surface area contributed by atoms with Crippen LogP contribution in [0.2, 0.25) is 0 Å². The molecule has 1 amide bonds. The number of nitrogens with zero attached hydrogens (tertiary/aromatic N) is 1. The monoisotopic (exact) mass is 391 g/mol. The van der Waals surface area contributed by atoms with Crippen molar-refractivity contribution in [3.8, 4) is 0 Å². The Hall–Kier alpha value is -1.66. The normalized spacial score (nSPS) is 33.2. The fourth-order valence-electron chi connectivity index (χ4n) is 3.94. The number of hydrogen-bond acceptors (Lipinski definition) is 4. The first-order chi connectivity index (χ1) is 11.6. The van der Waals surface area contributed by atoms with Crippen molar-refractivity contribution in [3.63, 3.8) is 0 Å². The SMILES string of the molecule is CCCOC(=O)[C@@H]1[C@H]2C(=O)N(c3ccccc3Br)C[C@]23C=C[C@H]1O3. The molecule has 24 heavy (non-hydrogen) atoms. The minimum Gasteiger partial charge on any atom is -0.465 e. The number of amides is 1. The highest BCUT2D eigenvalue weighted by molar-refractivity contribution is 9.10. The molecule has 2 fully saturated rings. The van der Waals surface area contributed by atoms with Crippen LogP contribution in [0.4, 0.5) is 5.69 Å². The summed E-state index contributed by atoms with van der Waals surface area (Å²) < 4.78 is 12.2. The van der Waals surface area contributed by atoms with Crippen LogP contribution in [0.25, 0.3) is 0 Å². The largest absolute Gasteiger partial charge is 0.465 e. The van der Waals surface area contributed by atoms with Crippen molar-refractivity contribution >= 4 is 33.5 Å². The van der Waals surface area contributed by atoms with Crippen LogP contribution in [0.3, 0.4) is 0 Å². The topological polar surface area (TPSA) is 55.8 Å². The standard InChI is InChI=1S/C18H18BrNO4/c1-2-9-23-17(22)14-13-7-8-18(24-13)10-20(16(21)15(14)18)12-6-4-3-5-11(12)19/h3-8,13-15H,2,9-10H2,1H3/t13-,14+,15+,18-/m1/s1. The van der Waals surface area contributed by atoms with Crippen molar-refractivity contribution in [2.24, 2.45) is 11.8 Å². The summed E-state index contributed by atoms with van der Waals surface area (Å²) in [5.74, 6) is -1.47. The molecule has 1 aromatic carbocycles. The van der Waals surface area contributed by atoms with Gasteiger partial charge in [0.05, 0.1) is 30.9 Å². The fourth-order valence-corrected chi connectivity index (χ4v) is 4.44. The summed E-state index contributed by atoms with van der Waals surface area (Å²) in [7, 11) is 0. The zero-order valence-electron chi connectivity index (χ0n) is 13.3. The van der Waals surface area contributed by atoms with Crippen LogP contribution in [-0.4, -0.2) is 36.7 Å². The molecule has 5 nitrogen and oxygen atoms in total. The van der Waals surface area contributed by atoms with Crippen molar-refractivity contribution < 1.29 is 19.1 Å². The average molecular weight is 392 g/mol. The number of rotatable bonds is 4. The van der Waals surface area contributed by atoms with Gasteiger partial charge in [-0.25, -0.2) is 0 Å². The summed E-state index contributed by atoms with van der Waals surface area (Å²) in [6.07, 6.45) is 4.24. The number of para-hydroxylation sites is 1. The lowest BCUT2D eigenvalue weighted by atomic mass is 9.77. The van der Waals surface area contributed by atoms with Crippen molar-refractivity contribution in [3.05, 3.63) is 40.9 Å². The molecular formula is C18H18BrNO4. The quantitative estimate of drug-likeness (QED) is 0.584. The second-order valence-corrected chi connectivity index (χ2v) is 7.30. The smallest absolute Gasteiger partial charge is 0.312 e. The van der Waals surface area contributed by atoms with Gasteiger partial charge in [0.15, 0.2) is 0 Å². The first kappa shape index (κ1) is 15.8. The number of hydrogen-bond donors (Lipinski definition) is 0. The van der Waals surface area contributed by atoms with Crippen molar-refractivity contribution in [2.75, 3.05) is 18.1 Å². The Morgan fingerprint density at radius 3 is 3.00 bits per heavy atom. The van der Waals surface area contributed by atoms with Gasteiger partial charge in [-0.1, -0.05) is 31.2 Å². The van der Waals surface area contributed by atoms with Crippen LogP contribution in [0, 0.1) is 11.8 Å². The maximum atomic E-state index is 13.1. The van der Waals surface area contributed by atoms with Crippen molar-refractivity contribution in [1.82, 2.24) is 0 Å². The van der Waals surface area contributed by atoms with E-state index in [1.807, 2.05) is 43.3 Å². The first-order valence-electron chi connectivity index (χ1n) is 8.17. The van der Waals surface area contributed by atoms with Crippen molar-refractivity contribution in [1.29, 1.82) is 0 Å². The Bertz CT molecular complexity index is 733. The summed E-state index contributed by atoms with van der Waals surface area (Å²) in [5.41, 5.74) is 0.0832. The summed E-state index contributed by atoms with van der Waals surface area (Å²) in [4.78, 5) is 27.3. The van der Waals surface area contributed by atoms with E-state index in [-0.39, 0.29) is 18.0 Å². The number of halogens is 1. The highest BCUT2D eigenvalue weighted by Crippen LogP contribution is 2.53. The van der Waals surface area contributed by atoms with Crippen LogP contribution >= 0.6 is 15.9 Å². The van der Waals surface area contributed by atoms with Crippen LogP contribution in [0.1, 0.15) is 13.3 Å². The van der Waals surface area contributed by atoms with E-state index in [9.17, 15) is 9.59 Å². The minimum absolute atomic E-state index is 0.0767. The molecule has 0 saturated carbocycles. The lowest BCUT2D eigenvalue weighted by Crippen LogP contribution is -2.40. The number of fused-ring (bicyclic) bond motifs is 1. The highest BCUT2D eigenvalue weighted by atomic mass is 79.9. The molecular weight excluding hydrogens is 374 g/mol. The molecule has 0 aromatic heterocycles. The van der Waals surface area contributed by atoms with Gasteiger partial charge in [-0.3, -0.25) is 9.59 Å². The number of esters is 1. The maximum absolute atomic E-state index is 13.1. The van der Waals surface area contributed by atoms with Gasteiger partial charge < -0.3 is 14.4 Å². The molecule has 3 aliphatic heterocycles. The second kappa shape index (κ2) is 5.70. The maximum Gasteiger partial charge on any atom is 0.312 e. The van der Waals surface area contributed by atoms with Gasteiger partial charge in [-0.05, 0) is 34.5 Å². The molecule has 4 rings (SSSR count). The van der Waals surface area contributed by atoms with E-state index < -0.39 is 17.4 Å². The number of carbonyl (C=O) groups is 2. The number of ether oxygens (including phenoxy) is 2. The number of anilines is 1. The lowest BCUT2D eigenvalue weighted by Gasteiger charge is -2.22. The van der Waals surface area contributed by atoms with Crippen LogP contribution in [0.5, 0.6) is 0 Å². The Labute approximate surface area is 148 Å². The molecule has 0 N–H and O–H groups in total. The van der Waals surface area contributed by atoms with Gasteiger partial charge >= 0.3 is 5.97 Å². The molecule has 2 bridgehead atoms. The molecule has 0 unspecified atom stereocenters. The van der Waals surface area contributed by atoms with Crippen molar-refractivity contribution in [2.45, 2.75) is 25.0 Å². The molecule has 3 heterocycles. The molecule has 1 spiro atoms. The minimum atomic E-state index is -0.715. The molecule has 126 valence electrons. The van der Waals surface area contributed by atoms with E-state index in [0.717, 1.165) is 16.6 Å². The van der Waals surface area contributed by atoms with Gasteiger partial charge in [0, 0.05) is 4.47 Å². The Morgan fingerprint density at radius 1 is 1.46 bits per heavy atom. The average Bonchev–Trinajstić information content (AvgIpc) is 3.21. The van der Waals surface area contributed by atoms with Gasteiger partial charge in [0.1, 0.15) is 11.5 Å². The van der Waals surface area contributed by atoms with Crippen LogP contribution < -0.4 is 4.90 Å². The lowest BCUT2D eigenvalue weighted by molar-refractivity contribution is -0.152. The zero-order chi connectivity index (χ0) is 16.9. The zero-order valence-corrected chi connectivity index (χ0v) is 14.9. The molecule has 0 aliphatic carbocycles. The summed E-state index contributed by atoms with van der Waals surface area (Å²) >= 11 is 3.50. The van der Waals surface area contributed by atoms with Crippen LogP contribution in [0.15, 0.2) is 40.9 Å². The Kier molecular flexibility index (Phi) is 3.77. The number of benzene rings is 1. The molecule has 3 aliphatic rings. The Morgan fingerprint density at radius 2 is 2.25 bits per heavy atom. The van der Waals surface area contributed by atoms with Gasteiger partial charge in [-0.15, -0.1) is 0 Å². The third-order valence-corrected chi connectivity index (χ3v) is 5.63. The predicted octanol–water partition coefficient (Wildman–Crippen LogP) is 2.69. The number of carbonyl (C=O) groups excluding carboxylic acids is 2. The van der Waals surface area contributed by atoms with E-state index in [1.165, 1.54) is 0 Å². The molecule has 6 heteroatoms. The molecule has 4 atom stereocenters. The molecule has 0 radical (unpaired) electrons. The molecule has 2 saturated heterocycles. The third kappa shape index (κ3) is 2.16. The van der Waals surface area contributed by atoms with E-state index in [1.54, 1.807) is 4.90 Å². The first-order valence-corrected chi connectivity index (χ1v) is 8.96. The van der Waals surface area contributed by atoms with Gasteiger partial charge in [-0.2, -0.15) is 0 Å². The fraction of sp³-hybridized carbons (Fsp3) is 0.444.